The highest BCUT2D eigenvalue weighted by Crippen LogP contribution is 2.38. The van der Waals surface area contributed by atoms with Crippen molar-refractivity contribution in [3.05, 3.63) is 11.1 Å². The van der Waals surface area contributed by atoms with Crippen LogP contribution in [-0.2, 0) is 0 Å². The number of hydrogen-bond donors (Lipinski definition) is 2. The lowest BCUT2D eigenvalue weighted by Gasteiger charge is -2.33. The van der Waals surface area contributed by atoms with Crippen molar-refractivity contribution in [3.8, 4) is 0 Å². The van der Waals surface area contributed by atoms with Gasteiger partial charge in [-0.3, -0.25) is 0 Å². The van der Waals surface area contributed by atoms with E-state index in [1.807, 2.05) is 6.92 Å². The van der Waals surface area contributed by atoms with E-state index in [0.29, 0.717) is 5.71 Å². The summed E-state index contributed by atoms with van der Waals surface area (Å²) in [6, 6.07) is 0. The standard InChI is InChI=1S/C10H17NO2/c1-7-8(6-12)10(2,3)5-4-9(7)11-13/h12-13H,4-6H2,1-3H3/b11-9-. The minimum atomic E-state index is 0.0347. The molecule has 1 aliphatic carbocycles. The Hall–Kier alpha value is -0.830. The number of hydrogen-bond acceptors (Lipinski definition) is 3. The van der Waals surface area contributed by atoms with Crippen LogP contribution < -0.4 is 0 Å². The van der Waals surface area contributed by atoms with E-state index in [-0.39, 0.29) is 12.0 Å². The maximum absolute atomic E-state index is 9.22. The Morgan fingerprint density at radius 3 is 2.54 bits per heavy atom. The zero-order valence-corrected chi connectivity index (χ0v) is 8.46. The van der Waals surface area contributed by atoms with Crippen molar-refractivity contribution >= 4 is 5.71 Å². The Bertz CT molecular complexity index is 264. The zero-order valence-electron chi connectivity index (χ0n) is 8.46. The average Bonchev–Trinajstić information content (AvgIpc) is 2.04. The first-order valence-corrected chi connectivity index (χ1v) is 4.55. The molecule has 13 heavy (non-hydrogen) atoms. The normalized spacial score (nSPS) is 25.4. The summed E-state index contributed by atoms with van der Waals surface area (Å²) in [6.45, 7) is 6.17. The van der Waals surface area contributed by atoms with Gasteiger partial charge in [-0.2, -0.15) is 0 Å². The molecule has 2 N–H and O–H groups in total. The second-order valence-corrected chi connectivity index (χ2v) is 4.19. The molecule has 0 aliphatic heterocycles. The molecular weight excluding hydrogens is 166 g/mol. The van der Waals surface area contributed by atoms with Crippen molar-refractivity contribution < 1.29 is 10.3 Å². The molecule has 0 amide bonds. The molecule has 0 aromatic heterocycles. The number of nitrogens with zero attached hydrogens (tertiary/aromatic N) is 1. The van der Waals surface area contributed by atoms with Crippen LogP contribution in [0.5, 0.6) is 0 Å². The summed E-state index contributed by atoms with van der Waals surface area (Å²) in [5.41, 5.74) is 2.68. The molecule has 0 saturated heterocycles. The lowest BCUT2D eigenvalue weighted by molar-refractivity contribution is 0.272. The van der Waals surface area contributed by atoms with Crippen LogP contribution >= 0.6 is 0 Å². The fourth-order valence-corrected chi connectivity index (χ4v) is 1.91. The molecule has 74 valence electrons. The Morgan fingerprint density at radius 1 is 1.46 bits per heavy atom. The third kappa shape index (κ3) is 1.75. The van der Waals surface area contributed by atoms with E-state index in [2.05, 4.69) is 19.0 Å². The van der Waals surface area contributed by atoms with Gasteiger partial charge in [0.15, 0.2) is 0 Å². The SMILES string of the molecule is CC1=C(CO)C(C)(C)CC/C1=N/O. The van der Waals surface area contributed by atoms with Gasteiger partial charge in [0.25, 0.3) is 0 Å². The van der Waals surface area contributed by atoms with Gasteiger partial charge in [-0.15, -0.1) is 0 Å². The zero-order chi connectivity index (χ0) is 10.1. The largest absolute Gasteiger partial charge is 0.411 e. The molecule has 0 bridgehead atoms. The van der Waals surface area contributed by atoms with Gasteiger partial charge >= 0.3 is 0 Å². The molecule has 0 spiro atoms. The van der Waals surface area contributed by atoms with Gasteiger partial charge < -0.3 is 10.3 Å². The van der Waals surface area contributed by atoms with Crippen molar-refractivity contribution in [2.45, 2.75) is 33.6 Å². The van der Waals surface area contributed by atoms with E-state index < -0.39 is 0 Å². The van der Waals surface area contributed by atoms with Crippen molar-refractivity contribution in [2.75, 3.05) is 6.61 Å². The molecule has 1 rings (SSSR count). The van der Waals surface area contributed by atoms with Gasteiger partial charge in [-0.1, -0.05) is 19.0 Å². The van der Waals surface area contributed by atoms with Crippen molar-refractivity contribution in [2.24, 2.45) is 10.6 Å². The van der Waals surface area contributed by atoms with Crippen molar-refractivity contribution in [1.29, 1.82) is 0 Å². The van der Waals surface area contributed by atoms with Crippen LogP contribution in [0, 0.1) is 5.41 Å². The van der Waals surface area contributed by atoms with E-state index >= 15 is 0 Å². The first kappa shape index (κ1) is 10.3. The Kier molecular flexibility index (Phi) is 2.76. The summed E-state index contributed by atoms with van der Waals surface area (Å²) in [5.74, 6) is 0. The lowest BCUT2D eigenvalue weighted by atomic mass is 9.72. The maximum Gasteiger partial charge on any atom is 0.0825 e. The second-order valence-electron chi connectivity index (χ2n) is 4.19. The van der Waals surface area contributed by atoms with E-state index in [1.165, 1.54) is 0 Å². The number of rotatable bonds is 1. The molecule has 0 aromatic carbocycles. The van der Waals surface area contributed by atoms with Gasteiger partial charge in [0.05, 0.1) is 12.3 Å². The number of aliphatic hydroxyl groups is 1. The quantitative estimate of drug-likeness (QED) is 0.482. The van der Waals surface area contributed by atoms with E-state index in [1.54, 1.807) is 0 Å². The molecule has 3 nitrogen and oxygen atoms in total. The molecule has 0 atom stereocenters. The molecule has 0 saturated carbocycles. The van der Waals surface area contributed by atoms with Crippen LogP contribution in [0.4, 0.5) is 0 Å². The molecule has 0 aromatic rings. The second kappa shape index (κ2) is 3.50. The maximum atomic E-state index is 9.22. The first-order valence-electron chi connectivity index (χ1n) is 4.55. The van der Waals surface area contributed by atoms with Crippen LogP contribution in [-0.4, -0.2) is 22.6 Å². The molecule has 0 unspecified atom stereocenters. The minimum Gasteiger partial charge on any atom is -0.411 e. The highest BCUT2D eigenvalue weighted by molar-refractivity contribution is 6.01. The lowest BCUT2D eigenvalue weighted by Crippen LogP contribution is -2.27. The molecule has 0 radical (unpaired) electrons. The van der Waals surface area contributed by atoms with Gasteiger partial charge in [0.1, 0.15) is 0 Å². The summed E-state index contributed by atoms with van der Waals surface area (Å²) in [7, 11) is 0. The third-order valence-corrected chi connectivity index (χ3v) is 2.97. The monoisotopic (exact) mass is 183 g/mol. The summed E-state index contributed by atoms with van der Waals surface area (Å²) >= 11 is 0. The van der Waals surface area contributed by atoms with Gasteiger partial charge in [-0.05, 0) is 36.3 Å². The Labute approximate surface area is 78.8 Å². The highest BCUT2D eigenvalue weighted by Gasteiger charge is 2.30. The molecular formula is C10H17NO2. The number of aliphatic hydroxyl groups excluding tert-OH is 1. The Balaban J connectivity index is 3.14. The van der Waals surface area contributed by atoms with E-state index in [9.17, 15) is 5.11 Å². The number of oxime groups is 1. The summed E-state index contributed by atoms with van der Waals surface area (Å²) in [4.78, 5) is 0. The van der Waals surface area contributed by atoms with Crippen molar-refractivity contribution in [3.63, 3.8) is 0 Å². The average molecular weight is 183 g/mol. The summed E-state index contributed by atoms with van der Waals surface area (Å²) < 4.78 is 0. The van der Waals surface area contributed by atoms with Crippen LogP contribution in [0.3, 0.4) is 0 Å². The summed E-state index contributed by atoms with van der Waals surface area (Å²) in [5, 5.41) is 21.2. The minimum absolute atomic E-state index is 0.0347. The van der Waals surface area contributed by atoms with E-state index in [4.69, 9.17) is 5.21 Å². The molecule has 3 heteroatoms. The summed E-state index contributed by atoms with van der Waals surface area (Å²) in [6.07, 6.45) is 1.72. The first-order chi connectivity index (χ1) is 6.03. The van der Waals surface area contributed by atoms with Crippen LogP contribution in [0.2, 0.25) is 0 Å². The van der Waals surface area contributed by atoms with Gasteiger partial charge in [0.2, 0.25) is 0 Å². The third-order valence-electron chi connectivity index (χ3n) is 2.97. The number of allylic oxidation sites excluding steroid dienone is 1. The van der Waals surface area contributed by atoms with Crippen LogP contribution in [0.1, 0.15) is 33.6 Å². The fourth-order valence-electron chi connectivity index (χ4n) is 1.91. The predicted molar refractivity (Wildman–Crippen MR) is 52.0 cm³/mol. The predicted octanol–water partition coefficient (Wildman–Crippen LogP) is 1.95. The van der Waals surface area contributed by atoms with E-state index in [0.717, 1.165) is 24.0 Å². The van der Waals surface area contributed by atoms with Crippen LogP contribution in [0.15, 0.2) is 16.3 Å². The van der Waals surface area contributed by atoms with Gasteiger partial charge in [-0.25, -0.2) is 0 Å². The highest BCUT2D eigenvalue weighted by atomic mass is 16.4. The molecule has 1 aliphatic rings. The smallest absolute Gasteiger partial charge is 0.0825 e. The molecule has 0 heterocycles. The van der Waals surface area contributed by atoms with Crippen molar-refractivity contribution in [1.82, 2.24) is 0 Å². The Morgan fingerprint density at radius 2 is 2.08 bits per heavy atom. The van der Waals surface area contributed by atoms with Gasteiger partial charge in [0, 0.05) is 0 Å². The topological polar surface area (TPSA) is 52.8 Å². The van der Waals surface area contributed by atoms with Crippen LogP contribution in [0.25, 0.3) is 0 Å². The molecule has 0 fully saturated rings. The fraction of sp³-hybridized carbons (Fsp3) is 0.700.